The summed E-state index contributed by atoms with van der Waals surface area (Å²) in [5.74, 6) is 0.319. The summed E-state index contributed by atoms with van der Waals surface area (Å²) in [7, 11) is 3.21. The van der Waals surface area contributed by atoms with Crippen LogP contribution in [0.4, 0.5) is 5.00 Å². The number of carbonyl (C=O) groups is 2. The number of aryl methyl sites for hydroxylation is 2. The first kappa shape index (κ1) is 21.1. The fraction of sp³-hybridized carbons (Fsp3) is 0.300. The minimum Gasteiger partial charge on any atom is -0.465 e. The van der Waals surface area contributed by atoms with E-state index in [0.29, 0.717) is 15.7 Å². The van der Waals surface area contributed by atoms with Gasteiger partial charge in [0.2, 0.25) is 5.91 Å². The smallest absolute Gasteiger partial charge is 0.341 e. The third-order valence-corrected chi connectivity index (χ3v) is 6.29. The predicted molar refractivity (Wildman–Crippen MR) is 116 cm³/mol. The van der Waals surface area contributed by atoms with Gasteiger partial charge in [-0.1, -0.05) is 48.5 Å². The normalized spacial score (nSPS) is 10.8. The molecule has 7 nitrogen and oxygen atoms in total. The third-order valence-electron chi connectivity index (χ3n) is 4.37. The highest BCUT2D eigenvalue weighted by molar-refractivity contribution is 7.99. The molecule has 0 spiro atoms. The highest BCUT2D eigenvalue weighted by atomic mass is 32.2. The number of amides is 1. The molecule has 0 aliphatic carbocycles. The van der Waals surface area contributed by atoms with Gasteiger partial charge >= 0.3 is 5.97 Å². The Morgan fingerprint density at radius 1 is 1.24 bits per heavy atom. The Morgan fingerprint density at radius 2 is 1.97 bits per heavy atom. The Bertz CT molecular complexity index is 1030. The highest BCUT2D eigenvalue weighted by Crippen LogP contribution is 2.36. The topological polar surface area (TPSA) is 86.1 Å². The Hall–Kier alpha value is -2.65. The Balaban J connectivity index is 1.77. The van der Waals surface area contributed by atoms with Crippen LogP contribution >= 0.6 is 23.1 Å². The molecular weight excluding hydrogens is 408 g/mol. The molecule has 0 aliphatic heterocycles. The number of anilines is 1. The molecular formula is C20H22N4O3S2. The van der Waals surface area contributed by atoms with E-state index in [2.05, 4.69) is 15.5 Å². The molecule has 9 heteroatoms. The van der Waals surface area contributed by atoms with Crippen molar-refractivity contribution in [3.8, 4) is 11.1 Å². The molecule has 2 heterocycles. The Morgan fingerprint density at radius 3 is 2.59 bits per heavy atom. The summed E-state index contributed by atoms with van der Waals surface area (Å²) in [6.07, 6.45) is 0.774. The van der Waals surface area contributed by atoms with E-state index in [1.54, 1.807) is 0 Å². The summed E-state index contributed by atoms with van der Waals surface area (Å²) in [6.45, 7) is 4.00. The molecule has 1 N–H and O–H groups in total. The van der Waals surface area contributed by atoms with Crippen molar-refractivity contribution in [3.63, 3.8) is 0 Å². The number of methoxy groups -OCH3 is 1. The van der Waals surface area contributed by atoms with E-state index < -0.39 is 5.97 Å². The van der Waals surface area contributed by atoms with Crippen LogP contribution in [0.25, 0.3) is 11.1 Å². The second kappa shape index (κ2) is 9.23. The molecule has 0 saturated heterocycles. The summed E-state index contributed by atoms with van der Waals surface area (Å²) in [5, 5.41) is 14.0. The van der Waals surface area contributed by atoms with Gasteiger partial charge in [-0.3, -0.25) is 4.79 Å². The van der Waals surface area contributed by atoms with E-state index in [1.807, 2.05) is 55.1 Å². The third kappa shape index (κ3) is 4.68. The highest BCUT2D eigenvalue weighted by Gasteiger charge is 2.22. The van der Waals surface area contributed by atoms with Crippen LogP contribution in [0, 0.1) is 6.92 Å². The molecule has 0 radical (unpaired) electrons. The summed E-state index contributed by atoms with van der Waals surface area (Å²) in [4.78, 5) is 24.9. The van der Waals surface area contributed by atoms with E-state index in [1.165, 1.54) is 30.2 Å². The van der Waals surface area contributed by atoms with Gasteiger partial charge in [0.05, 0.1) is 12.9 Å². The maximum Gasteiger partial charge on any atom is 0.341 e. The SMILES string of the molecule is CCc1nnc(SCC(=O)Nc2scc(-c3ccc(C)cc3)c2C(=O)OC)n1C. The average molecular weight is 431 g/mol. The minimum atomic E-state index is -0.481. The minimum absolute atomic E-state index is 0.161. The Labute approximate surface area is 177 Å². The molecule has 1 aromatic carbocycles. The van der Waals surface area contributed by atoms with E-state index in [0.717, 1.165) is 28.9 Å². The monoisotopic (exact) mass is 430 g/mol. The molecule has 0 aliphatic rings. The van der Waals surface area contributed by atoms with Crippen LogP contribution in [0.15, 0.2) is 34.8 Å². The number of nitrogens with one attached hydrogen (secondary N) is 1. The van der Waals surface area contributed by atoms with Crippen molar-refractivity contribution in [2.45, 2.75) is 25.4 Å². The number of benzene rings is 1. The zero-order valence-electron chi connectivity index (χ0n) is 16.7. The van der Waals surface area contributed by atoms with Gasteiger partial charge in [-0.15, -0.1) is 21.5 Å². The van der Waals surface area contributed by atoms with Crippen LogP contribution in [0.1, 0.15) is 28.7 Å². The number of thiophene rings is 1. The number of hydrogen-bond donors (Lipinski definition) is 1. The first-order valence-corrected chi connectivity index (χ1v) is 10.9. The molecule has 152 valence electrons. The van der Waals surface area contributed by atoms with Gasteiger partial charge < -0.3 is 14.6 Å². The number of esters is 1. The lowest BCUT2D eigenvalue weighted by Gasteiger charge is -2.08. The molecule has 1 amide bonds. The second-order valence-corrected chi connectivity index (χ2v) is 8.18. The number of thioether (sulfide) groups is 1. The van der Waals surface area contributed by atoms with Gasteiger partial charge in [-0.2, -0.15) is 0 Å². The van der Waals surface area contributed by atoms with Crippen molar-refractivity contribution in [2.24, 2.45) is 7.05 Å². The summed E-state index contributed by atoms with van der Waals surface area (Å²) < 4.78 is 6.83. The van der Waals surface area contributed by atoms with Crippen LogP contribution in [0.2, 0.25) is 0 Å². The van der Waals surface area contributed by atoms with Gasteiger partial charge in [-0.25, -0.2) is 4.79 Å². The molecule has 0 saturated carbocycles. The maximum atomic E-state index is 12.5. The zero-order chi connectivity index (χ0) is 21.0. The number of nitrogens with zero attached hydrogens (tertiary/aromatic N) is 3. The summed E-state index contributed by atoms with van der Waals surface area (Å²) in [5.41, 5.74) is 3.13. The quantitative estimate of drug-likeness (QED) is 0.451. The van der Waals surface area contributed by atoms with Crippen molar-refractivity contribution in [3.05, 3.63) is 46.6 Å². The van der Waals surface area contributed by atoms with Crippen molar-refractivity contribution in [1.29, 1.82) is 0 Å². The number of hydrogen-bond acceptors (Lipinski definition) is 7. The fourth-order valence-electron chi connectivity index (χ4n) is 2.77. The van der Waals surface area contributed by atoms with Gasteiger partial charge in [0.1, 0.15) is 16.4 Å². The van der Waals surface area contributed by atoms with Crippen LogP contribution in [-0.4, -0.2) is 39.5 Å². The first-order valence-electron chi connectivity index (χ1n) is 9.02. The summed E-state index contributed by atoms with van der Waals surface area (Å²) in [6, 6.07) is 7.86. The van der Waals surface area contributed by atoms with E-state index in [9.17, 15) is 9.59 Å². The lowest BCUT2D eigenvalue weighted by molar-refractivity contribution is -0.113. The van der Waals surface area contributed by atoms with Gasteiger partial charge in [0, 0.05) is 24.4 Å². The molecule has 0 bridgehead atoms. The molecule has 3 rings (SSSR count). The van der Waals surface area contributed by atoms with Gasteiger partial charge in [-0.05, 0) is 12.5 Å². The van der Waals surface area contributed by atoms with Crippen LogP contribution < -0.4 is 5.32 Å². The average Bonchev–Trinajstić information content (AvgIpc) is 3.29. The lowest BCUT2D eigenvalue weighted by atomic mass is 10.0. The van der Waals surface area contributed by atoms with E-state index in [4.69, 9.17) is 4.74 Å². The molecule has 0 atom stereocenters. The van der Waals surface area contributed by atoms with E-state index >= 15 is 0 Å². The first-order chi connectivity index (χ1) is 13.9. The fourth-order valence-corrected chi connectivity index (χ4v) is 4.48. The van der Waals surface area contributed by atoms with E-state index in [-0.39, 0.29) is 11.7 Å². The maximum absolute atomic E-state index is 12.5. The zero-order valence-corrected chi connectivity index (χ0v) is 18.3. The van der Waals surface area contributed by atoms with Crippen LogP contribution in [-0.2, 0) is 23.0 Å². The molecule has 0 fully saturated rings. The largest absolute Gasteiger partial charge is 0.465 e. The lowest BCUT2D eigenvalue weighted by Crippen LogP contribution is -2.16. The standard InChI is InChI=1S/C20H22N4O3S2/c1-5-15-22-23-20(24(15)3)29-11-16(25)21-18-17(19(26)27-4)14(10-28-18)13-8-6-12(2)7-9-13/h6-10H,5,11H2,1-4H3,(H,21,25). The van der Waals surface area contributed by atoms with Crippen molar-refractivity contribution in [1.82, 2.24) is 14.8 Å². The molecule has 3 aromatic rings. The number of rotatable bonds is 7. The van der Waals surface area contributed by atoms with Crippen molar-refractivity contribution in [2.75, 3.05) is 18.2 Å². The molecule has 2 aromatic heterocycles. The molecule has 0 unspecified atom stereocenters. The second-order valence-electron chi connectivity index (χ2n) is 6.36. The Kier molecular flexibility index (Phi) is 6.71. The predicted octanol–water partition coefficient (Wildman–Crippen LogP) is 3.93. The van der Waals surface area contributed by atoms with Crippen LogP contribution in [0.5, 0.6) is 0 Å². The van der Waals surface area contributed by atoms with Crippen molar-refractivity contribution >= 4 is 40.0 Å². The number of ether oxygens (including phenoxy) is 1. The molecule has 29 heavy (non-hydrogen) atoms. The van der Waals surface area contributed by atoms with Gasteiger partial charge in [0.15, 0.2) is 5.16 Å². The summed E-state index contributed by atoms with van der Waals surface area (Å²) >= 11 is 2.61. The van der Waals surface area contributed by atoms with Gasteiger partial charge in [0.25, 0.3) is 0 Å². The van der Waals surface area contributed by atoms with Crippen molar-refractivity contribution < 1.29 is 14.3 Å². The van der Waals surface area contributed by atoms with Crippen LogP contribution in [0.3, 0.4) is 0 Å². The number of carbonyl (C=O) groups excluding carboxylic acids is 2. The number of aromatic nitrogens is 3.